The van der Waals surface area contributed by atoms with Crippen LogP contribution in [0.1, 0.15) is 4.88 Å². The summed E-state index contributed by atoms with van der Waals surface area (Å²) < 4.78 is 14.3. The summed E-state index contributed by atoms with van der Waals surface area (Å²) in [6, 6.07) is 12.7. The number of halogens is 2. The molecule has 0 radical (unpaired) electrons. The van der Waals surface area contributed by atoms with Crippen molar-refractivity contribution in [3.63, 3.8) is 0 Å². The molecule has 0 aliphatic heterocycles. The molecular formula is C22H14ClFN4S. The van der Waals surface area contributed by atoms with Gasteiger partial charge in [-0.15, -0.1) is 11.3 Å². The zero-order valence-electron chi connectivity index (χ0n) is 15.3. The number of hydrogen-bond acceptors (Lipinski definition) is 4. The van der Waals surface area contributed by atoms with Gasteiger partial charge >= 0.3 is 0 Å². The number of rotatable bonds is 3. The van der Waals surface area contributed by atoms with Crippen LogP contribution in [0.25, 0.3) is 44.0 Å². The highest BCUT2D eigenvalue weighted by Crippen LogP contribution is 2.36. The lowest BCUT2D eigenvalue weighted by molar-refractivity contribution is 0.631. The van der Waals surface area contributed by atoms with Gasteiger partial charge in [0.2, 0.25) is 0 Å². The van der Waals surface area contributed by atoms with Crippen LogP contribution in [-0.2, 0) is 0 Å². The van der Waals surface area contributed by atoms with Gasteiger partial charge in [-0.2, -0.15) is 0 Å². The molecule has 0 saturated heterocycles. The summed E-state index contributed by atoms with van der Waals surface area (Å²) in [6.45, 7) is 2.05. The minimum atomic E-state index is -0.352. The van der Waals surface area contributed by atoms with Gasteiger partial charge in [-0.05, 0) is 37.3 Å². The van der Waals surface area contributed by atoms with Gasteiger partial charge in [0.1, 0.15) is 17.2 Å². The van der Waals surface area contributed by atoms with Crippen molar-refractivity contribution in [1.29, 1.82) is 0 Å². The van der Waals surface area contributed by atoms with E-state index in [1.54, 1.807) is 35.9 Å². The molecule has 0 atom stereocenters. The van der Waals surface area contributed by atoms with Crippen LogP contribution >= 0.6 is 22.9 Å². The van der Waals surface area contributed by atoms with E-state index in [2.05, 4.69) is 21.0 Å². The van der Waals surface area contributed by atoms with Gasteiger partial charge in [0.15, 0.2) is 0 Å². The molecule has 0 aliphatic carbocycles. The smallest absolute Gasteiger partial charge is 0.134 e. The second-order valence-corrected chi connectivity index (χ2v) is 8.24. The van der Waals surface area contributed by atoms with E-state index < -0.39 is 0 Å². The maximum absolute atomic E-state index is 14.3. The molecule has 4 nitrogen and oxygen atoms in total. The van der Waals surface area contributed by atoms with Gasteiger partial charge in [-0.25, -0.2) is 19.3 Å². The zero-order valence-corrected chi connectivity index (χ0v) is 16.9. The fourth-order valence-corrected chi connectivity index (χ4v) is 4.54. The molecule has 5 rings (SSSR count). The predicted molar refractivity (Wildman–Crippen MR) is 116 cm³/mol. The Bertz CT molecular complexity index is 1320. The molecule has 3 heterocycles. The molecule has 0 spiro atoms. The van der Waals surface area contributed by atoms with Crippen LogP contribution in [0, 0.1) is 12.7 Å². The topological polar surface area (TPSA) is 54.5 Å². The van der Waals surface area contributed by atoms with Crippen LogP contribution in [0.4, 0.5) is 4.39 Å². The van der Waals surface area contributed by atoms with Crippen LogP contribution in [0.15, 0.2) is 61.2 Å². The quantitative estimate of drug-likeness (QED) is 0.361. The number of thiazole rings is 1. The first-order valence-corrected chi connectivity index (χ1v) is 10.1. The number of hydrogen-bond donors (Lipinski definition) is 1. The largest absolute Gasteiger partial charge is 0.354 e. The second kappa shape index (κ2) is 7.06. The normalized spacial score (nSPS) is 11.3. The molecule has 0 unspecified atom stereocenters. The molecule has 3 aromatic heterocycles. The highest BCUT2D eigenvalue weighted by Gasteiger charge is 2.15. The number of benzene rings is 2. The molecule has 0 fully saturated rings. The Hall–Kier alpha value is -3.09. The molecule has 0 saturated carbocycles. The lowest BCUT2D eigenvalue weighted by Crippen LogP contribution is -1.85. The number of aromatic nitrogens is 4. The second-order valence-electron chi connectivity index (χ2n) is 6.63. The first-order chi connectivity index (χ1) is 14.1. The fourth-order valence-electron chi connectivity index (χ4n) is 3.37. The third-order valence-corrected chi connectivity index (χ3v) is 6.07. The number of H-pyrrole nitrogens is 1. The Kier molecular flexibility index (Phi) is 4.38. The first kappa shape index (κ1) is 18.0. The van der Waals surface area contributed by atoms with E-state index in [0.29, 0.717) is 16.3 Å². The van der Waals surface area contributed by atoms with Crippen molar-refractivity contribution in [1.82, 2.24) is 19.9 Å². The molecule has 7 heteroatoms. The van der Waals surface area contributed by atoms with Crippen molar-refractivity contribution in [3.05, 3.63) is 76.9 Å². The van der Waals surface area contributed by atoms with E-state index in [4.69, 9.17) is 16.6 Å². The molecule has 0 amide bonds. The fraction of sp³-hybridized carbons (Fsp3) is 0.0455. The molecule has 2 aromatic carbocycles. The van der Waals surface area contributed by atoms with Gasteiger partial charge in [0, 0.05) is 39.3 Å². The monoisotopic (exact) mass is 420 g/mol. The summed E-state index contributed by atoms with van der Waals surface area (Å²) in [5.74, 6) is -0.352. The van der Waals surface area contributed by atoms with Gasteiger partial charge in [0.25, 0.3) is 0 Å². The van der Waals surface area contributed by atoms with E-state index >= 15 is 0 Å². The van der Waals surface area contributed by atoms with Crippen molar-refractivity contribution in [2.75, 3.05) is 0 Å². The van der Waals surface area contributed by atoms with E-state index in [-0.39, 0.29) is 5.82 Å². The van der Waals surface area contributed by atoms with Gasteiger partial charge in [0.05, 0.1) is 22.0 Å². The average molecular weight is 421 g/mol. The van der Waals surface area contributed by atoms with Crippen LogP contribution in [0.2, 0.25) is 5.02 Å². The Morgan fingerprint density at radius 1 is 1.03 bits per heavy atom. The summed E-state index contributed by atoms with van der Waals surface area (Å²) in [7, 11) is 0. The van der Waals surface area contributed by atoms with Crippen molar-refractivity contribution >= 4 is 33.8 Å². The molecule has 29 heavy (non-hydrogen) atoms. The van der Waals surface area contributed by atoms with Gasteiger partial charge in [-0.1, -0.05) is 23.7 Å². The molecule has 142 valence electrons. The number of nitrogens with one attached hydrogen (secondary N) is 1. The third-order valence-electron chi connectivity index (χ3n) is 4.73. The maximum Gasteiger partial charge on any atom is 0.134 e. The lowest BCUT2D eigenvalue weighted by atomic mass is 10.1. The first-order valence-electron chi connectivity index (χ1n) is 8.90. The zero-order chi connectivity index (χ0) is 20.0. The maximum atomic E-state index is 14.3. The highest BCUT2D eigenvalue weighted by molar-refractivity contribution is 7.15. The summed E-state index contributed by atoms with van der Waals surface area (Å²) >= 11 is 7.83. The average Bonchev–Trinajstić information content (AvgIpc) is 3.31. The third kappa shape index (κ3) is 3.20. The minimum absolute atomic E-state index is 0.352. The van der Waals surface area contributed by atoms with Crippen molar-refractivity contribution in [3.8, 4) is 33.1 Å². The van der Waals surface area contributed by atoms with E-state index in [1.807, 2.05) is 25.1 Å². The predicted octanol–water partition coefficient (Wildman–Crippen LogP) is 6.52. The number of nitrogens with zero attached hydrogens (tertiary/aromatic N) is 3. The highest BCUT2D eigenvalue weighted by atomic mass is 35.5. The summed E-state index contributed by atoms with van der Waals surface area (Å²) in [5, 5.41) is 2.22. The standard InChI is InChI=1S/C22H14ClFN4S/c1-12-21(28-22(29-12)15-9-25-11-26-10-15)13-5-6-18-14(7-13)8-19(27-18)20-16(23)3-2-4-17(20)24/h2-11,27H,1H3. The number of fused-ring (bicyclic) bond motifs is 1. The number of aryl methyl sites for hydroxylation is 1. The molecular weight excluding hydrogens is 407 g/mol. The molecule has 0 aliphatic rings. The summed E-state index contributed by atoms with van der Waals surface area (Å²) in [4.78, 5) is 17.3. The minimum Gasteiger partial charge on any atom is -0.354 e. The van der Waals surface area contributed by atoms with Crippen molar-refractivity contribution < 1.29 is 4.39 Å². The Balaban J connectivity index is 1.59. The van der Waals surface area contributed by atoms with Crippen molar-refractivity contribution in [2.45, 2.75) is 6.92 Å². The Morgan fingerprint density at radius 3 is 2.66 bits per heavy atom. The number of aromatic amines is 1. The van der Waals surface area contributed by atoms with Gasteiger partial charge < -0.3 is 4.98 Å². The Morgan fingerprint density at radius 2 is 1.86 bits per heavy atom. The van der Waals surface area contributed by atoms with E-state index in [1.165, 1.54) is 12.4 Å². The van der Waals surface area contributed by atoms with E-state index in [9.17, 15) is 4.39 Å². The van der Waals surface area contributed by atoms with E-state index in [0.717, 1.165) is 37.6 Å². The van der Waals surface area contributed by atoms with Crippen LogP contribution in [0.3, 0.4) is 0 Å². The Labute approximate surface area is 175 Å². The van der Waals surface area contributed by atoms with Crippen LogP contribution in [0.5, 0.6) is 0 Å². The summed E-state index contributed by atoms with van der Waals surface area (Å²) in [6.07, 6.45) is 5.02. The van der Waals surface area contributed by atoms with Crippen LogP contribution in [-0.4, -0.2) is 19.9 Å². The SMILES string of the molecule is Cc1sc(-c2cncnc2)nc1-c1ccc2[nH]c(-c3c(F)cccc3Cl)cc2c1. The van der Waals surface area contributed by atoms with Crippen molar-refractivity contribution in [2.24, 2.45) is 0 Å². The lowest BCUT2D eigenvalue weighted by Gasteiger charge is -2.02. The van der Waals surface area contributed by atoms with Gasteiger partial charge in [-0.3, -0.25) is 0 Å². The molecule has 1 N–H and O–H groups in total. The van der Waals surface area contributed by atoms with Crippen LogP contribution < -0.4 is 0 Å². The summed E-state index contributed by atoms with van der Waals surface area (Å²) in [5.41, 5.74) is 4.75. The molecule has 0 bridgehead atoms. The molecule has 5 aromatic rings.